The molecule has 1 fully saturated rings. The monoisotopic (exact) mass is 476 g/mol. The van der Waals surface area contributed by atoms with Crippen LogP contribution in [0.15, 0.2) is 47.0 Å². The number of anilines is 1. The first-order chi connectivity index (χ1) is 15.4. The predicted octanol–water partition coefficient (Wildman–Crippen LogP) is 4.74. The molecule has 1 aliphatic rings. The number of benzene rings is 2. The lowest BCUT2D eigenvalue weighted by Gasteiger charge is -2.24. The van der Waals surface area contributed by atoms with Gasteiger partial charge in [-0.25, -0.2) is 4.39 Å². The van der Waals surface area contributed by atoms with Crippen LogP contribution in [-0.4, -0.2) is 39.4 Å². The maximum absolute atomic E-state index is 13.1. The van der Waals surface area contributed by atoms with Crippen molar-refractivity contribution in [3.63, 3.8) is 0 Å². The van der Waals surface area contributed by atoms with E-state index in [1.54, 1.807) is 35.2 Å². The molecule has 0 bridgehead atoms. The Balaban J connectivity index is 1.35. The average Bonchev–Trinajstić information content (AvgIpc) is 3.42. The summed E-state index contributed by atoms with van der Waals surface area (Å²) in [5.41, 5.74) is 1.09. The minimum Gasteiger partial charge on any atom is -0.339 e. The number of rotatable bonds is 6. The number of aryl methyl sites for hydroxylation is 1. The van der Waals surface area contributed by atoms with Gasteiger partial charge in [-0.3, -0.25) is 9.59 Å². The second-order valence-corrected chi connectivity index (χ2v) is 8.28. The van der Waals surface area contributed by atoms with E-state index >= 15 is 0 Å². The van der Waals surface area contributed by atoms with Gasteiger partial charge in [0.1, 0.15) is 11.9 Å². The van der Waals surface area contributed by atoms with Crippen LogP contribution in [0.3, 0.4) is 0 Å². The molecule has 166 valence electrons. The molecule has 10 heteroatoms. The smallest absolute Gasteiger partial charge is 0.247 e. The van der Waals surface area contributed by atoms with E-state index in [-0.39, 0.29) is 30.5 Å². The highest BCUT2D eigenvalue weighted by molar-refractivity contribution is 6.35. The van der Waals surface area contributed by atoms with Gasteiger partial charge in [0.05, 0.1) is 0 Å². The zero-order valence-electron chi connectivity index (χ0n) is 16.9. The van der Waals surface area contributed by atoms with Crippen molar-refractivity contribution in [2.24, 2.45) is 0 Å². The van der Waals surface area contributed by atoms with Gasteiger partial charge in [-0.2, -0.15) is 4.98 Å². The molecule has 0 spiro atoms. The van der Waals surface area contributed by atoms with E-state index in [1.165, 1.54) is 12.1 Å². The molecule has 32 heavy (non-hydrogen) atoms. The molecule has 0 aliphatic carbocycles. The fourth-order valence-corrected chi connectivity index (χ4v) is 4.15. The summed E-state index contributed by atoms with van der Waals surface area (Å²) >= 11 is 12.0. The van der Waals surface area contributed by atoms with E-state index in [2.05, 4.69) is 15.5 Å². The molecule has 1 unspecified atom stereocenters. The zero-order chi connectivity index (χ0) is 22.7. The molecule has 1 aliphatic heterocycles. The number of likely N-dealkylation sites (tertiary alicyclic amines) is 1. The second-order valence-electron chi connectivity index (χ2n) is 7.41. The van der Waals surface area contributed by atoms with Crippen molar-refractivity contribution in [2.75, 3.05) is 11.9 Å². The average molecular weight is 477 g/mol. The number of aromatic nitrogens is 2. The molecule has 2 amide bonds. The second kappa shape index (κ2) is 9.67. The summed E-state index contributed by atoms with van der Waals surface area (Å²) in [5, 5.41) is 7.47. The Hall–Kier alpha value is -2.97. The SMILES string of the molecule is O=C(Nc1cc(Cl)cc(Cl)c1)C1CCCN1C(=O)CCc1nc(-c2ccc(F)cc2)no1. The van der Waals surface area contributed by atoms with Gasteiger partial charge in [-0.15, -0.1) is 0 Å². The van der Waals surface area contributed by atoms with Crippen molar-refractivity contribution in [3.8, 4) is 11.4 Å². The Bertz CT molecular complexity index is 1120. The first-order valence-corrected chi connectivity index (χ1v) is 10.8. The maximum Gasteiger partial charge on any atom is 0.247 e. The van der Waals surface area contributed by atoms with Crippen LogP contribution in [0.2, 0.25) is 10.0 Å². The Morgan fingerprint density at radius 2 is 1.88 bits per heavy atom. The molecule has 1 saturated heterocycles. The van der Waals surface area contributed by atoms with Crippen molar-refractivity contribution in [2.45, 2.75) is 31.7 Å². The van der Waals surface area contributed by atoms with E-state index in [1.807, 2.05) is 0 Å². The largest absolute Gasteiger partial charge is 0.339 e. The minimum absolute atomic E-state index is 0.123. The van der Waals surface area contributed by atoms with Gasteiger partial charge in [-0.05, 0) is 55.3 Å². The maximum atomic E-state index is 13.1. The Kier molecular flexibility index (Phi) is 6.72. The number of amides is 2. The van der Waals surface area contributed by atoms with Crippen molar-refractivity contribution in [1.82, 2.24) is 15.0 Å². The molecule has 4 rings (SSSR count). The summed E-state index contributed by atoms with van der Waals surface area (Å²) in [6.45, 7) is 0.498. The van der Waals surface area contributed by atoms with Gasteiger partial charge in [-0.1, -0.05) is 28.4 Å². The van der Waals surface area contributed by atoms with Crippen LogP contribution < -0.4 is 5.32 Å². The van der Waals surface area contributed by atoms with Crippen LogP contribution in [0.4, 0.5) is 10.1 Å². The third-order valence-corrected chi connectivity index (χ3v) is 5.57. The molecule has 2 heterocycles. The fraction of sp³-hybridized carbons (Fsp3) is 0.273. The summed E-state index contributed by atoms with van der Waals surface area (Å²) < 4.78 is 18.3. The normalized spacial score (nSPS) is 15.7. The molecule has 0 radical (unpaired) electrons. The standard InChI is InChI=1S/C22H19Cl2FN4O3/c23-14-10-15(24)12-17(11-14)26-22(31)18-2-1-9-29(18)20(30)8-7-19-27-21(28-32-19)13-3-5-16(25)6-4-13/h3-6,10-12,18H,1-2,7-9H2,(H,26,31). The Morgan fingerprint density at radius 3 is 2.59 bits per heavy atom. The van der Waals surface area contributed by atoms with Crippen LogP contribution in [0.25, 0.3) is 11.4 Å². The van der Waals surface area contributed by atoms with Gasteiger partial charge >= 0.3 is 0 Å². The van der Waals surface area contributed by atoms with Crippen LogP contribution >= 0.6 is 23.2 Å². The van der Waals surface area contributed by atoms with Crippen molar-refractivity contribution in [3.05, 3.63) is 64.2 Å². The lowest BCUT2D eigenvalue weighted by Crippen LogP contribution is -2.43. The lowest BCUT2D eigenvalue weighted by molar-refractivity contribution is -0.136. The zero-order valence-corrected chi connectivity index (χ0v) is 18.4. The van der Waals surface area contributed by atoms with E-state index in [9.17, 15) is 14.0 Å². The quantitative estimate of drug-likeness (QED) is 0.554. The van der Waals surface area contributed by atoms with E-state index in [0.29, 0.717) is 46.0 Å². The minimum atomic E-state index is -0.572. The number of carbonyl (C=O) groups is 2. The van der Waals surface area contributed by atoms with Gasteiger partial charge < -0.3 is 14.7 Å². The number of nitrogens with zero attached hydrogens (tertiary/aromatic N) is 3. The van der Waals surface area contributed by atoms with Crippen LogP contribution in [0.5, 0.6) is 0 Å². The number of carbonyl (C=O) groups excluding carboxylic acids is 2. The van der Waals surface area contributed by atoms with Gasteiger partial charge in [0.15, 0.2) is 0 Å². The Morgan fingerprint density at radius 1 is 1.16 bits per heavy atom. The summed E-state index contributed by atoms with van der Waals surface area (Å²) in [5.74, 6) is -0.192. The highest BCUT2D eigenvalue weighted by Gasteiger charge is 2.34. The molecule has 1 N–H and O–H groups in total. The summed E-state index contributed by atoms with van der Waals surface area (Å²) in [6, 6.07) is 9.92. The Labute approximate surface area is 193 Å². The van der Waals surface area contributed by atoms with Gasteiger partial charge in [0, 0.05) is 40.7 Å². The summed E-state index contributed by atoms with van der Waals surface area (Å²) in [4.78, 5) is 31.4. The summed E-state index contributed by atoms with van der Waals surface area (Å²) in [7, 11) is 0. The predicted molar refractivity (Wildman–Crippen MR) is 118 cm³/mol. The topological polar surface area (TPSA) is 88.3 Å². The number of hydrogen-bond acceptors (Lipinski definition) is 5. The molecule has 3 aromatic rings. The highest BCUT2D eigenvalue weighted by atomic mass is 35.5. The van der Waals surface area contributed by atoms with Crippen LogP contribution in [0.1, 0.15) is 25.2 Å². The first-order valence-electron chi connectivity index (χ1n) is 10.0. The lowest BCUT2D eigenvalue weighted by atomic mass is 10.2. The summed E-state index contributed by atoms with van der Waals surface area (Å²) in [6.07, 6.45) is 1.66. The molecular formula is C22H19Cl2FN4O3. The van der Waals surface area contributed by atoms with Crippen LogP contribution in [-0.2, 0) is 16.0 Å². The molecule has 7 nitrogen and oxygen atoms in total. The molecule has 2 aromatic carbocycles. The molecule has 1 atom stereocenters. The molecular weight excluding hydrogens is 458 g/mol. The van der Waals surface area contributed by atoms with Crippen molar-refractivity contribution in [1.29, 1.82) is 0 Å². The van der Waals surface area contributed by atoms with E-state index in [0.717, 1.165) is 6.42 Å². The number of halogens is 3. The first kappa shape index (κ1) is 22.2. The number of hydrogen-bond donors (Lipinski definition) is 1. The van der Waals surface area contributed by atoms with Crippen LogP contribution in [0, 0.1) is 5.82 Å². The van der Waals surface area contributed by atoms with Gasteiger partial charge in [0.25, 0.3) is 0 Å². The van der Waals surface area contributed by atoms with E-state index < -0.39 is 6.04 Å². The molecule has 1 aromatic heterocycles. The van der Waals surface area contributed by atoms with E-state index in [4.69, 9.17) is 27.7 Å². The third-order valence-electron chi connectivity index (χ3n) is 5.13. The number of nitrogens with one attached hydrogen (secondary N) is 1. The van der Waals surface area contributed by atoms with Crippen molar-refractivity contribution < 1.29 is 18.5 Å². The third kappa shape index (κ3) is 5.26. The fourth-order valence-electron chi connectivity index (χ4n) is 3.62. The highest BCUT2D eigenvalue weighted by Crippen LogP contribution is 2.25. The molecule has 0 saturated carbocycles. The van der Waals surface area contributed by atoms with Gasteiger partial charge in [0.2, 0.25) is 23.5 Å². The van der Waals surface area contributed by atoms with Crippen molar-refractivity contribution >= 4 is 40.7 Å².